The van der Waals surface area contributed by atoms with Gasteiger partial charge in [-0.3, -0.25) is 4.79 Å². The van der Waals surface area contributed by atoms with Crippen molar-refractivity contribution in [2.45, 2.75) is 24.5 Å². The Morgan fingerprint density at radius 3 is 2.60 bits per heavy atom. The van der Waals surface area contributed by atoms with Gasteiger partial charge in [0, 0.05) is 30.0 Å². The Labute approximate surface area is 95.1 Å². The molecule has 3 nitrogen and oxygen atoms in total. The van der Waals surface area contributed by atoms with E-state index in [1.807, 2.05) is 18.7 Å². The van der Waals surface area contributed by atoms with Crippen molar-refractivity contribution < 1.29 is 4.79 Å². The summed E-state index contributed by atoms with van der Waals surface area (Å²) in [6.07, 6.45) is 4.61. The van der Waals surface area contributed by atoms with Crippen molar-refractivity contribution in [3.63, 3.8) is 0 Å². The highest BCUT2D eigenvalue weighted by Crippen LogP contribution is 2.46. The zero-order valence-electron chi connectivity index (χ0n) is 9.35. The first-order valence-corrected chi connectivity index (χ1v) is 6.62. The van der Waals surface area contributed by atoms with E-state index in [2.05, 4.69) is 16.9 Å². The molecule has 1 saturated heterocycles. The molecule has 0 bridgehead atoms. The monoisotopic (exact) mass is 226 g/mol. The molecule has 0 aromatic carbocycles. The lowest BCUT2D eigenvalue weighted by molar-refractivity contribution is -0.117. The molecule has 15 heavy (non-hydrogen) atoms. The van der Waals surface area contributed by atoms with Gasteiger partial charge in [0.1, 0.15) is 0 Å². The van der Waals surface area contributed by atoms with Crippen LogP contribution in [0.4, 0.5) is 0 Å². The summed E-state index contributed by atoms with van der Waals surface area (Å²) in [5, 5.41) is 6.19. The van der Waals surface area contributed by atoms with Gasteiger partial charge in [0.05, 0.1) is 0 Å². The molecule has 2 aliphatic rings. The third-order valence-corrected chi connectivity index (χ3v) is 4.78. The molecule has 84 valence electrons. The molecule has 1 aliphatic carbocycles. The highest BCUT2D eigenvalue weighted by Gasteiger charge is 2.42. The molecule has 0 unspecified atom stereocenters. The van der Waals surface area contributed by atoms with E-state index in [0.29, 0.717) is 4.75 Å². The van der Waals surface area contributed by atoms with Crippen LogP contribution in [0.1, 0.15) is 19.8 Å². The topological polar surface area (TPSA) is 41.1 Å². The van der Waals surface area contributed by atoms with Crippen LogP contribution in [0, 0.1) is 0 Å². The number of carbonyl (C=O) groups excluding carboxylic acids is 1. The zero-order valence-corrected chi connectivity index (χ0v) is 10.2. The van der Waals surface area contributed by atoms with Gasteiger partial charge in [-0.05, 0) is 31.6 Å². The van der Waals surface area contributed by atoms with Crippen LogP contribution in [0.5, 0.6) is 0 Å². The molecule has 4 heteroatoms. The van der Waals surface area contributed by atoms with Gasteiger partial charge < -0.3 is 10.6 Å². The summed E-state index contributed by atoms with van der Waals surface area (Å²) in [5.41, 5.74) is 2.16. The number of amides is 1. The lowest BCUT2D eigenvalue weighted by Gasteiger charge is -2.22. The minimum atomic E-state index is 0.117. The van der Waals surface area contributed by atoms with Gasteiger partial charge in [-0.1, -0.05) is 0 Å². The number of carbonyl (C=O) groups is 1. The smallest absolute Gasteiger partial charge is 0.247 e. The van der Waals surface area contributed by atoms with Gasteiger partial charge in [0.2, 0.25) is 5.91 Å². The second-order valence-electron chi connectivity index (χ2n) is 4.40. The Bertz CT molecular complexity index is 302. The molecular weight excluding hydrogens is 208 g/mol. The summed E-state index contributed by atoms with van der Waals surface area (Å²) in [7, 11) is 0. The minimum absolute atomic E-state index is 0.117. The van der Waals surface area contributed by atoms with Gasteiger partial charge in [0.25, 0.3) is 0 Å². The maximum absolute atomic E-state index is 11.8. The van der Waals surface area contributed by atoms with Crippen molar-refractivity contribution in [1.29, 1.82) is 0 Å². The van der Waals surface area contributed by atoms with Crippen LogP contribution in [-0.4, -0.2) is 36.5 Å². The molecule has 2 rings (SSSR count). The van der Waals surface area contributed by atoms with Crippen LogP contribution in [0.25, 0.3) is 0 Å². The Hall–Kier alpha value is -0.480. The van der Waals surface area contributed by atoms with Crippen LogP contribution in [0.2, 0.25) is 0 Å². The first-order valence-electron chi connectivity index (χ1n) is 5.39. The van der Waals surface area contributed by atoms with Crippen molar-refractivity contribution in [2.24, 2.45) is 0 Å². The first kappa shape index (κ1) is 11.0. The fourth-order valence-corrected chi connectivity index (χ4v) is 2.37. The summed E-state index contributed by atoms with van der Waals surface area (Å²) in [6, 6.07) is 0. The van der Waals surface area contributed by atoms with E-state index in [1.165, 1.54) is 18.4 Å². The van der Waals surface area contributed by atoms with E-state index in [0.717, 1.165) is 25.2 Å². The molecule has 2 N–H and O–H groups in total. The van der Waals surface area contributed by atoms with Crippen LogP contribution >= 0.6 is 11.8 Å². The van der Waals surface area contributed by atoms with Crippen molar-refractivity contribution in [3.05, 3.63) is 11.1 Å². The van der Waals surface area contributed by atoms with Crippen molar-refractivity contribution in [2.75, 3.05) is 25.9 Å². The Morgan fingerprint density at radius 2 is 2.20 bits per heavy atom. The van der Waals surface area contributed by atoms with Crippen molar-refractivity contribution >= 4 is 17.7 Å². The van der Waals surface area contributed by atoms with Gasteiger partial charge in [-0.15, -0.1) is 0 Å². The van der Waals surface area contributed by atoms with Crippen LogP contribution in [0.15, 0.2) is 11.1 Å². The summed E-state index contributed by atoms with van der Waals surface area (Å²) >= 11 is 1.88. The predicted octanol–water partition coefficient (Wildman–Crippen LogP) is 0.918. The molecule has 1 saturated carbocycles. The minimum Gasteiger partial charge on any atom is -0.351 e. The standard InChI is InChI=1S/C11H18N2OS/c1-8(9-5-12-6-9)10(14)13-7-11(15-2)3-4-11/h12H,3-7H2,1-2H3,(H,13,14). The second kappa shape index (κ2) is 4.18. The Balaban J connectivity index is 1.82. The van der Waals surface area contributed by atoms with Crippen LogP contribution in [0.3, 0.4) is 0 Å². The first-order chi connectivity index (χ1) is 7.17. The molecule has 0 aromatic heterocycles. The third-order valence-electron chi connectivity index (χ3n) is 3.36. The maximum Gasteiger partial charge on any atom is 0.247 e. The quantitative estimate of drug-likeness (QED) is 0.700. The normalized spacial score (nSPS) is 21.9. The fraction of sp³-hybridized carbons (Fsp3) is 0.727. The van der Waals surface area contributed by atoms with E-state index in [-0.39, 0.29) is 5.91 Å². The third kappa shape index (κ3) is 2.37. The van der Waals surface area contributed by atoms with E-state index in [9.17, 15) is 4.79 Å². The lowest BCUT2D eigenvalue weighted by Crippen LogP contribution is -2.39. The molecular formula is C11H18N2OS. The number of hydrogen-bond acceptors (Lipinski definition) is 3. The fourth-order valence-electron chi connectivity index (χ4n) is 1.64. The number of thioether (sulfide) groups is 1. The molecule has 1 heterocycles. The van der Waals surface area contributed by atoms with Crippen molar-refractivity contribution in [1.82, 2.24) is 10.6 Å². The van der Waals surface area contributed by atoms with Gasteiger partial charge in [-0.25, -0.2) is 0 Å². The summed E-state index contributed by atoms with van der Waals surface area (Å²) in [6.45, 7) is 4.51. The number of rotatable bonds is 4. The van der Waals surface area contributed by atoms with E-state index < -0.39 is 0 Å². The molecule has 0 aromatic rings. The predicted molar refractivity (Wildman–Crippen MR) is 64.1 cm³/mol. The van der Waals surface area contributed by atoms with E-state index in [1.54, 1.807) is 0 Å². The van der Waals surface area contributed by atoms with Crippen molar-refractivity contribution in [3.8, 4) is 0 Å². The lowest BCUT2D eigenvalue weighted by atomic mass is 10.0. The van der Waals surface area contributed by atoms with Gasteiger partial charge in [-0.2, -0.15) is 11.8 Å². The average molecular weight is 226 g/mol. The molecule has 0 atom stereocenters. The Kier molecular flexibility index (Phi) is 3.07. The van der Waals surface area contributed by atoms with Crippen LogP contribution in [-0.2, 0) is 4.79 Å². The summed E-state index contributed by atoms with van der Waals surface area (Å²) in [4.78, 5) is 11.8. The van der Waals surface area contributed by atoms with Gasteiger partial charge >= 0.3 is 0 Å². The largest absolute Gasteiger partial charge is 0.351 e. The number of nitrogens with one attached hydrogen (secondary N) is 2. The average Bonchev–Trinajstić information content (AvgIpc) is 2.92. The highest BCUT2D eigenvalue weighted by molar-refractivity contribution is 8.00. The van der Waals surface area contributed by atoms with E-state index in [4.69, 9.17) is 0 Å². The molecule has 0 radical (unpaired) electrons. The second-order valence-corrected chi connectivity index (χ2v) is 5.68. The zero-order chi connectivity index (χ0) is 10.9. The summed E-state index contributed by atoms with van der Waals surface area (Å²) < 4.78 is 0.360. The van der Waals surface area contributed by atoms with E-state index >= 15 is 0 Å². The molecule has 1 amide bonds. The highest BCUT2D eigenvalue weighted by atomic mass is 32.2. The summed E-state index contributed by atoms with van der Waals surface area (Å²) in [5.74, 6) is 0.117. The molecule has 2 fully saturated rings. The number of hydrogen-bond donors (Lipinski definition) is 2. The van der Waals surface area contributed by atoms with Crippen LogP contribution < -0.4 is 10.6 Å². The maximum atomic E-state index is 11.8. The SMILES string of the molecule is CSC1(CNC(=O)C(C)=C2CNC2)CC1. The van der Waals surface area contributed by atoms with Gasteiger partial charge in [0.15, 0.2) is 0 Å². The Morgan fingerprint density at radius 1 is 1.53 bits per heavy atom. The molecule has 1 aliphatic heterocycles. The molecule has 0 spiro atoms.